The average Bonchev–Trinajstić information content (AvgIpc) is 2.46. The van der Waals surface area contributed by atoms with Gasteiger partial charge >= 0.3 is 6.18 Å². The second kappa shape index (κ2) is 6.48. The van der Waals surface area contributed by atoms with E-state index in [-0.39, 0.29) is 30.5 Å². The van der Waals surface area contributed by atoms with Crippen LogP contribution in [0, 0.1) is 23.7 Å². The van der Waals surface area contributed by atoms with Gasteiger partial charge in [0.1, 0.15) is 5.78 Å². The fourth-order valence-electron chi connectivity index (χ4n) is 4.00. The second-order valence-electron chi connectivity index (χ2n) is 6.64. The van der Waals surface area contributed by atoms with Gasteiger partial charge in [0.2, 0.25) is 0 Å². The lowest BCUT2D eigenvalue weighted by molar-refractivity contribution is -0.186. The van der Waals surface area contributed by atoms with Crippen molar-refractivity contribution < 1.29 is 18.0 Å². The molecule has 0 aromatic carbocycles. The summed E-state index contributed by atoms with van der Waals surface area (Å²) in [5.41, 5.74) is 0. The molecule has 4 unspecified atom stereocenters. The predicted molar refractivity (Wildman–Crippen MR) is 72.2 cm³/mol. The Hall–Kier alpha value is -0.540. The van der Waals surface area contributed by atoms with E-state index >= 15 is 0 Å². The monoisotopic (exact) mass is 290 g/mol. The number of alkyl halides is 3. The van der Waals surface area contributed by atoms with Gasteiger partial charge in [-0.3, -0.25) is 4.79 Å². The smallest absolute Gasteiger partial charge is 0.299 e. The molecule has 0 spiro atoms. The first-order valence-electron chi connectivity index (χ1n) is 8.02. The van der Waals surface area contributed by atoms with E-state index in [0.29, 0.717) is 18.8 Å². The minimum atomic E-state index is -4.13. The summed E-state index contributed by atoms with van der Waals surface area (Å²) >= 11 is 0. The van der Waals surface area contributed by atoms with Crippen molar-refractivity contribution in [2.45, 2.75) is 70.9 Å². The van der Waals surface area contributed by atoms with E-state index in [1.165, 1.54) is 6.42 Å². The maximum atomic E-state index is 12.8. The molecule has 4 heteroatoms. The normalized spacial score (nSPS) is 35.8. The predicted octanol–water partition coefficient (Wildman–Crippen LogP) is 5.14. The molecular formula is C16H25F3O. The van der Waals surface area contributed by atoms with Gasteiger partial charge < -0.3 is 0 Å². The Morgan fingerprint density at radius 3 is 2.20 bits per heavy atom. The van der Waals surface area contributed by atoms with Gasteiger partial charge in [-0.1, -0.05) is 32.6 Å². The van der Waals surface area contributed by atoms with Crippen LogP contribution in [-0.2, 0) is 4.79 Å². The number of rotatable bonds is 3. The Morgan fingerprint density at radius 2 is 1.60 bits per heavy atom. The standard InChI is InChI=1S/C16H25F3O/c1-2-11-5-3-6-12(9-11)15(20)13-7-4-8-14(10-13)16(17,18)19/h11-14H,2-10H2,1H3. The second-order valence-corrected chi connectivity index (χ2v) is 6.64. The molecule has 2 rings (SSSR count). The van der Waals surface area contributed by atoms with E-state index in [0.717, 1.165) is 25.7 Å². The summed E-state index contributed by atoms with van der Waals surface area (Å²) in [6.07, 6.45) is 2.44. The van der Waals surface area contributed by atoms with Crippen LogP contribution >= 0.6 is 0 Å². The van der Waals surface area contributed by atoms with E-state index in [4.69, 9.17) is 0 Å². The molecule has 1 nitrogen and oxygen atoms in total. The van der Waals surface area contributed by atoms with Crippen LogP contribution in [0.1, 0.15) is 64.7 Å². The number of carbonyl (C=O) groups is 1. The van der Waals surface area contributed by atoms with Crippen LogP contribution < -0.4 is 0 Å². The molecule has 0 heterocycles. The lowest BCUT2D eigenvalue weighted by Gasteiger charge is -2.34. The van der Waals surface area contributed by atoms with Gasteiger partial charge in [0.05, 0.1) is 5.92 Å². The van der Waals surface area contributed by atoms with Gasteiger partial charge in [0, 0.05) is 11.8 Å². The van der Waals surface area contributed by atoms with Crippen molar-refractivity contribution in [1.29, 1.82) is 0 Å². The number of halogens is 3. The van der Waals surface area contributed by atoms with Crippen molar-refractivity contribution >= 4 is 5.78 Å². The Labute approximate surface area is 119 Å². The van der Waals surface area contributed by atoms with Gasteiger partial charge in [0.25, 0.3) is 0 Å². The zero-order chi connectivity index (χ0) is 14.8. The summed E-state index contributed by atoms with van der Waals surface area (Å²) in [6.45, 7) is 2.14. The largest absolute Gasteiger partial charge is 0.391 e. The number of hydrogen-bond donors (Lipinski definition) is 0. The average molecular weight is 290 g/mol. The van der Waals surface area contributed by atoms with Gasteiger partial charge in [-0.15, -0.1) is 0 Å². The Bertz CT molecular complexity index is 337. The Morgan fingerprint density at radius 1 is 1.00 bits per heavy atom. The third-order valence-corrected chi connectivity index (χ3v) is 5.30. The van der Waals surface area contributed by atoms with Crippen molar-refractivity contribution in [3.8, 4) is 0 Å². The van der Waals surface area contributed by atoms with Crippen LogP contribution in [0.15, 0.2) is 0 Å². The number of hydrogen-bond acceptors (Lipinski definition) is 1. The Kier molecular flexibility index (Phi) is 5.14. The highest BCUT2D eigenvalue weighted by atomic mass is 19.4. The topological polar surface area (TPSA) is 17.1 Å². The van der Waals surface area contributed by atoms with E-state index < -0.39 is 12.1 Å². The van der Waals surface area contributed by atoms with Crippen molar-refractivity contribution in [1.82, 2.24) is 0 Å². The zero-order valence-electron chi connectivity index (χ0n) is 12.2. The van der Waals surface area contributed by atoms with Crippen LogP contribution in [0.2, 0.25) is 0 Å². The van der Waals surface area contributed by atoms with Crippen molar-refractivity contribution in [3.63, 3.8) is 0 Å². The summed E-state index contributed by atoms with van der Waals surface area (Å²) in [5.74, 6) is -0.825. The molecule has 4 atom stereocenters. The zero-order valence-corrected chi connectivity index (χ0v) is 12.2. The highest BCUT2D eigenvalue weighted by Gasteiger charge is 2.44. The third kappa shape index (κ3) is 3.76. The Balaban J connectivity index is 1.94. The van der Waals surface area contributed by atoms with E-state index in [9.17, 15) is 18.0 Å². The molecule has 0 radical (unpaired) electrons. The molecule has 0 N–H and O–H groups in total. The van der Waals surface area contributed by atoms with Crippen molar-refractivity contribution in [2.24, 2.45) is 23.7 Å². The fraction of sp³-hybridized carbons (Fsp3) is 0.938. The highest BCUT2D eigenvalue weighted by Crippen LogP contribution is 2.42. The molecular weight excluding hydrogens is 265 g/mol. The first-order chi connectivity index (χ1) is 9.41. The van der Waals surface area contributed by atoms with E-state index in [1.807, 2.05) is 0 Å². The maximum absolute atomic E-state index is 12.8. The maximum Gasteiger partial charge on any atom is 0.391 e. The number of Topliss-reactive ketones (excluding diaryl/α,β-unsaturated/α-hetero) is 1. The molecule has 2 saturated carbocycles. The van der Waals surface area contributed by atoms with Gasteiger partial charge in [-0.25, -0.2) is 0 Å². The lowest BCUT2D eigenvalue weighted by Crippen LogP contribution is -2.35. The van der Waals surface area contributed by atoms with Crippen LogP contribution in [0.3, 0.4) is 0 Å². The summed E-state index contributed by atoms with van der Waals surface area (Å²) < 4.78 is 38.5. The molecule has 20 heavy (non-hydrogen) atoms. The molecule has 0 amide bonds. The first kappa shape index (κ1) is 15.8. The summed E-state index contributed by atoms with van der Waals surface area (Å²) in [4.78, 5) is 12.5. The number of carbonyl (C=O) groups excluding carboxylic acids is 1. The van der Waals surface area contributed by atoms with Gasteiger partial charge in [-0.2, -0.15) is 13.2 Å². The van der Waals surface area contributed by atoms with Crippen molar-refractivity contribution in [2.75, 3.05) is 0 Å². The van der Waals surface area contributed by atoms with Gasteiger partial charge in [0.15, 0.2) is 0 Å². The molecule has 0 aromatic heterocycles. The fourth-order valence-corrected chi connectivity index (χ4v) is 4.00. The highest BCUT2D eigenvalue weighted by molar-refractivity contribution is 5.83. The van der Waals surface area contributed by atoms with E-state index in [1.54, 1.807) is 0 Å². The minimum absolute atomic E-state index is 0.0330. The molecule has 0 bridgehead atoms. The van der Waals surface area contributed by atoms with E-state index in [2.05, 4.69) is 6.92 Å². The summed E-state index contributed by atoms with van der Waals surface area (Å²) in [7, 11) is 0. The first-order valence-corrected chi connectivity index (χ1v) is 8.02. The quantitative estimate of drug-likeness (QED) is 0.703. The minimum Gasteiger partial charge on any atom is -0.299 e. The van der Waals surface area contributed by atoms with Gasteiger partial charge in [-0.05, 0) is 38.0 Å². The van der Waals surface area contributed by atoms with Crippen molar-refractivity contribution in [3.05, 3.63) is 0 Å². The SMILES string of the molecule is CCC1CCCC(C(=O)C2CCCC(C(F)(F)F)C2)C1. The number of ketones is 1. The lowest BCUT2D eigenvalue weighted by atomic mass is 9.71. The molecule has 116 valence electrons. The molecule has 2 aliphatic carbocycles. The molecule has 0 aromatic rings. The summed E-state index contributed by atoms with van der Waals surface area (Å²) in [5, 5.41) is 0. The molecule has 2 fully saturated rings. The van der Waals surface area contributed by atoms with Crippen LogP contribution in [0.25, 0.3) is 0 Å². The van der Waals surface area contributed by atoms with Crippen LogP contribution in [0.4, 0.5) is 13.2 Å². The molecule has 0 saturated heterocycles. The van der Waals surface area contributed by atoms with Crippen LogP contribution in [0.5, 0.6) is 0 Å². The third-order valence-electron chi connectivity index (χ3n) is 5.30. The molecule has 2 aliphatic rings. The van der Waals surface area contributed by atoms with Crippen LogP contribution in [-0.4, -0.2) is 12.0 Å². The summed E-state index contributed by atoms with van der Waals surface area (Å²) in [6, 6.07) is 0. The molecule has 0 aliphatic heterocycles.